The highest BCUT2D eigenvalue weighted by atomic mass is 16.7. The molecular formula is C15H22BN3O2. The first kappa shape index (κ1) is 14.5. The van der Waals surface area contributed by atoms with E-state index >= 15 is 0 Å². The fourth-order valence-corrected chi connectivity index (χ4v) is 2.32. The predicted octanol–water partition coefficient (Wildman–Crippen LogP) is 2.31. The van der Waals surface area contributed by atoms with Crippen LogP contribution in [0.5, 0.6) is 0 Å². The molecule has 1 saturated heterocycles. The average molecular weight is 287 g/mol. The van der Waals surface area contributed by atoms with Gasteiger partial charge in [0.15, 0.2) is 5.65 Å². The Bertz CT molecular complexity index is 663. The van der Waals surface area contributed by atoms with E-state index in [-0.39, 0.29) is 18.3 Å². The Morgan fingerprint density at radius 3 is 2.33 bits per heavy atom. The molecule has 3 heterocycles. The first-order valence-electron chi connectivity index (χ1n) is 7.40. The molecule has 0 amide bonds. The normalized spacial score (nSPS) is 20.6. The van der Waals surface area contributed by atoms with E-state index in [0.717, 1.165) is 16.5 Å². The zero-order valence-electron chi connectivity index (χ0n) is 13.5. The van der Waals surface area contributed by atoms with Crippen molar-refractivity contribution >= 4 is 23.6 Å². The summed E-state index contributed by atoms with van der Waals surface area (Å²) in [6.07, 6.45) is 3.81. The van der Waals surface area contributed by atoms with Crippen LogP contribution in [0.15, 0.2) is 18.5 Å². The van der Waals surface area contributed by atoms with Crippen LogP contribution in [0, 0.1) is 0 Å². The van der Waals surface area contributed by atoms with Gasteiger partial charge in [0.2, 0.25) is 0 Å². The zero-order chi connectivity index (χ0) is 15.4. The van der Waals surface area contributed by atoms with Gasteiger partial charge in [-0.1, -0.05) is 0 Å². The number of nitrogens with zero attached hydrogens (tertiary/aromatic N) is 3. The molecule has 112 valence electrons. The monoisotopic (exact) mass is 287 g/mol. The lowest BCUT2D eigenvalue weighted by Crippen LogP contribution is -2.41. The Kier molecular flexibility index (Phi) is 3.15. The molecule has 2 aromatic heterocycles. The summed E-state index contributed by atoms with van der Waals surface area (Å²) in [5.41, 5.74) is 1.01. The van der Waals surface area contributed by atoms with Gasteiger partial charge in [-0.2, -0.15) is 5.10 Å². The molecule has 0 radical (unpaired) electrons. The lowest BCUT2D eigenvalue weighted by atomic mass is 9.80. The summed E-state index contributed by atoms with van der Waals surface area (Å²) in [5, 5.41) is 5.47. The third-order valence-electron chi connectivity index (χ3n) is 4.45. The molecule has 0 aliphatic carbocycles. The minimum atomic E-state index is -0.380. The van der Waals surface area contributed by atoms with Gasteiger partial charge < -0.3 is 9.31 Å². The molecule has 2 aromatic rings. The van der Waals surface area contributed by atoms with Crippen LogP contribution in [-0.2, 0) is 9.31 Å². The summed E-state index contributed by atoms with van der Waals surface area (Å²) in [7, 11) is -0.380. The predicted molar refractivity (Wildman–Crippen MR) is 83.6 cm³/mol. The van der Waals surface area contributed by atoms with Crippen LogP contribution < -0.4 is 5.46 Å². The van der Waals surface area contributed by atoms with Crippen molar-refractivity contribution in [2.24, 2.45) is 0 Å². The van der Waals surface area contributed by atoms with Gasteiger partial charge in [0.25, 0.3) is 0 Å². The molecule has 5 nitrogen and oxygen atoms in total. The van der Waals surface area contributed by atoms with Gasteiger partial charge in [-0.15, -0.1) is 0 Å². The van der Waals surface area contributed by atoms with Gasteiger partial charge in [-0.05, 0) is 47.6 Å². The van der Waals surface area contributed by atoms with Crippen molar-refractivity contribution in [3.8, 4) is 0 Å². The molecule has 6 heteroatoms. The summed E-state index contributed by atoms with van der Waals surface area (Å²) in [5.74, 6) is 0. The minimum Gasteiger partial charge on any atom is -0.399 e. The van der Waals surface area contributed by atoms with Gasteiger partial charge in [0.1, 0.15) is 0 Å². The van der Waals surface area contributed by atoms with Crippen LogP contribution >= 0.6 is 0 Å². The summed E-state index contributed by atoms with van der Waals surface area (Å²) in [6.45, 7) is 12.4. The van der Waals surface area contributed by atoms with Crippen LogP contribution in [0.2, 0.25) is 0 Å². The number of aromatic nitrogens is 3. The minimum absolute atomic E-state index is 0.319. The molecule has 1 aliphatic rings. The van der Waals surface area contributed by atoms with Crippen molar-refractivity contribution < 1.29 is 9.31 Å². The Balaban J connectivity index is 1.95. The molecule has 0 N–H and O–H groups in total. The lowest BCUT2D eigenvalue weighted by Gasteiger charge is -2.32. The maximum Gasteiger partial charge on any atom is 0.496 e. The number of fused-ring (bicyclic) bond motifs is 1. The van der Waals surface area contributed by atoms with E-state index < -0.39 is 0 Å². The van der Waals surface area contributed by atoms with Gasteiger partial charge in [-0.25, -0.2) is 4.98 Å². The summed E-state index contributed by atoms with van der Waals surface area (Å²) >= 11 is 0. The smallest absolute Gasteiger partial charge is 0.399 e. The van der Waals surface area contributed by atoms with Crippen molar-refractivity contribution in [3.63, 3.8) is 0 Å². The first-order chi connectivity index (χ1) is 9.69. The summed E-state index contributed by atoms with van der Waals surface area (Å²) in [6, 6.07) is 2.37. The van der Waals surface area contributed by atoms with E-state index in [4.69, 9.17) is 9.31 Å². The highest BCUT2D eigenvalue weighted by molar-refractivity contribution is 6.62. The maximum absolute atomic E-state index is 6.06. The second-order valence-electron chi connectivity index (χ2n) is 6.97. The Morgan fingerprint density at radius 1 is 1.14 bits per heavy atom. The molecule has 0 saturated carbocycles. The molecule has 0 bridgehead atoms. The fraction of sp³-hybridized carbons (Fsp3) is 0.600. The topological polar surface area (TPSA) is 49.2 Å². The maximum atomic E-state index is 6.06. The fourth-order valence-electron chi connectivity index (χ4n) is 2.32. The Morgan fingerprint density at radius 2 is 1.76 bits per heavy atom. The number of hydrogen-bond acceptors (Lipinski definition) is 4. The SMILES string of the molecule is CC(C)n1cc2cc(B3OC(C)(C)C(C)(C)O3)cnc2n1. The van der Waals surface area contributed by atoms with Crippen LogP contribution in [0.4, 0.5) is 0 Å². The van der Waals surface area contributed by atoms with Crippen LogP contribution in [0.3, 0.4) is 0 Å². The van der Waals surface area contributed by atoms with E-state index in [1.165, 1.54) is 0 Å². The summed E-state index contributed by atoms with van der Waals surface area (Å²) in [4.78, 5) is 4.43. The molecule has 3 rings (SSSR count). The van der Waals surface area contributed by atoms with Crippen LogP contribution in [0.25, 0.3) is 11.0 Å². The molecule has 1 aliphatic heterocycles. The standard InChI is InChI=1S/C15H22BN3O2/c1-10(2)19-9-11-7-12(8-17-13(11)18-19)16-20-14(3,4)15(5,6)21-16/h7-10H,1-6H3. The van der Waals surface area contributed by atoms with Crippen molar-refractivity contribution in [1.82, 2.24) is 14.8 Å². The molecule has 0 unspecified atom stereocenters. The quantitative estimate of drug-likeness (QED) is 0.795. The summed E-state index contributed by atoms with van der Waals surface area (Å²) < 4.78 is 14.0. The van der Waals surface area contributed by atoms with E-state index in [2.05, 4.69) is 57.7 Å². The molecule has 0 spiro atoms. The van der Waals surface area contributed by atoms with Crippen LogP contribution in [-0.4, -0.2) is 33.1 Å². The average Bonchev–Trinajstić information content (AvgIpc) is 2.88. The van der Waals surface area contributed by atoms with E-state index in [0.29, 0.717) is 6.04 Å². The highest BCUT2D eigenvalue weighted by Crippen LogP contribution is 2.36. The lowest BCUT2D eigenvalue weighted by molar-refractivity contribution is 0.00578. The van der Waals surface area contributed by atoms with E-state index in [9.17, 15) is 0 Å². The largest absolute Gasteiger partial charge is 0.496 e. The van der Waals surface area contributed by atoms with E-state index in [1.807, 2.05) is 10.9 Å². The van der Waals surface area contributed by atoms with Gasteiger partial charge in [0, 0.05) is 29.3 Å². The zero-order valence-corrected chi connectivity index (χ0v) is 13.5. The molecule has 1 fully saturated rings. The second-order valence-corrected chi connectivity index (χ2v) is 6.97. The number of rotatable bonds is 2. The van der Waals surface area contributed by atoms with Gasteiger partial charge >= 0.3 is 7.12 Å². The molecule has 0 atom stereocenters. The van der Waals surface area contributed by atoms with Crippen LogP contribution in [0.1, 0.15) is 47.6 Å². The van der Waals surface area contributed by atoms with Gasteiger partial charge in [0.05, 0.1) is 11.2 Å². The first-order valence-corrected chi connectivity index (χ1v) is 7.40. The van der Waals surface area contributed by atoms with E-state index in [1.54, 1.807) is 6.20 Å². The number of pyridine rings is 1. The Labute approximate surface area is 125 Å². The molecule has 21 heavy (non-hydrogen) atoms. The number of hydrogen-bond donors (Lipinski definition) is 0. The van der Waals surface area contributed by atoms with Crippen molar-refractivity contribution in [1.29, 1.82) is 0 Å². The third-order valence-corrected chi connectivity index (χ3v) is 4.45. The molecular weight excluding hydrogens is 265 g/mol. The second kappa shape index (κ2) is 4.55. The van der Waals surface area contributed by atoms with Crippen molar-refractivity contribution in [3.05, 3.63) is 18.5 Å². The highest BCUT2D eigenvalue weighted by Gasteiger charge is 2.51. The third kappa shape index (κ3) is 2.36. The van der Waals surface area contributed by atoms with Crippen molar-refractivity contribution in [2.45, 2.75) is 58.8 Å². The molecule has 0 aromatic carbocycles. The Hall–Kier alpha value is -1.40. The van der Waals surface area contributed by atoms with Gasteiger partial charge in [-0.3, -0.25) is 4.68 Å². The van der Waals surface area contributed by atoms with Crippen molar-refractivity contribution in [2.75, 3.05) is 0 Å².